The average molecular weight is 358 g/mol. The molecule has 2 rings (SSSR count). The van der Waals surface area contributed by atoms with Crippen molar-refractivity contribution in [3.8, 4) is 0 Å². The number of carbonyl (C=O) groups is 1. The van der Waals surface area contributed by atoms with Gasteiger partial charge < -0.3 is 4.90 Å². The van der Waals surface area contributed by atoms with Gasteiger partial charge in [-0.25, -0.2) is 6.08 Å². The van der Waals surface area contributed by atoms with Crippen molar-refractivity contribution in [2.75, 3.05) is 7.05 Å². The van der Waals surface area contributed by atoms with Crippen molar-refractivity contribution in [3.63, 3.8) is 0 Å². The van der Waals surface area contributed by atoms with Gasteiger partial charge in [-0.3, -0.25) is 4.79 Å². The van der Waals surface area contributed by atoms with Crippen molar-refractivity contribution in [1.82, 2.24) is 4.90 Å². The van der Waals surface area contributed by atoms with Crippen LogP contribution in [-0.2, 0) is 37.5 Å². The van der Waals surface area contributed by atoms with Gasteiger partial charge in [0.1, 0.15) is 5.38 Å². The predicted octanol–water partition coefficient (Wildman–Crippen LogP) is 3.26. The van der Waals surface area contributed by atoms with Crippen LogP contribution in [0.4, 0.5) is 0 Å². The molecule has 0 aromatic heterocycles. The van der Waals surface area contributed by atoms with Crippen LogP contribution in [0.25, 0.3) is 5.70 Å². The molecule has 1 amide bonds. The molecule has 0 fully saturated rings. The van der Waals surface area contributed by atoms with Gasteiger partial charge in [0.25, 0.3) is 0 Å². The van der Waals surface area contributed by atoms with E-state index in [0.29, 0.717) is 11.4 Å². The molecule has 0 saturated carbocycles. The zero-order valence-electron chi connectivity index (χ0n) is 10.2. The number of allylic oxidation sites excluding steroid dienone is 1. The Morgan fingerprint density at radius 2 is 2.11 bits per heavy atom. The number of nitrogens with zero attached hydrogens (tertiary/aromatic N) is 1. The smallest absolute Gasteiger partial charge is 0.240 e. The summed E-state index contributed by atoms with van der Waals surface area (Å²) in [5, 5.41) is 0.184. The topological polar surface area (TPSA) is 20.3 Å². The van der Waals surface area contributed by atoms with Crippen LogP contribution in [0.5, 0.6) is 0 Å². The van der Waals surface area contributed by atoms with Gasteiger partial charge in [-0.1, -0.05) is 37.1 Å². The SMILES string of the molecule is Cc1cc(Cl)ccc1C1=[C-]CC(Cl)C(=O)N1C.[Y]. The van der Waals surface area contributed by atoms with E-state index in [2.05, 4.69) is 6.08 Å². The Morgan fingerprint density at radius 3 is 2.72 bits per heavy atom. The Balaban J connectivity index is 0.00000162. The number of rotatable bonds is 1. The van der Waals surface area contributed by atoms with Gasteiger partial charge in [-0.05, 0) is 0 Å². The fourth-order valence-corrected chi connectivity index (χ4v) is 2.33. The van der Waals surface area contributed by atoms with Crippen LogP contribution in [0.1, 0.15) is 17.5 Å². The molecule has 0 saturated heterocycles. The van der Waals surface area contributed by atoms with Crippen LogP contribution in [0, 0.1) is 13.0 Å². The Kier molecular flexibility index (Phi) is 5.85. The van der Waals surface area contributed by atoms with E-state index in [1.165, 1.54) is 0 Å². The first kappa shape index (κ1) is 16.2. The summed E-state index contributed by atoms with van der Waals surface area (Å²) in [5.74, 6) is -0.0882. The maximum atomic E-state index is 11.8. The largest absolute Gasteiger partial charge is 0.349 e. The second-order valence-corrected chi connectivity index (χ2v) is 5.02. The molecule has 0 bridgehead atoms. The number of hydrogen-bond acceptors (Lipinski definition) is 1. The van der Waals surface area contributed by atoms with Gasteiger partial charge in [0.2, 0.25) is 5.91 Å². The molecule has 1 atom stereocenters. The number of aryl methyl sites for hydroxylation is 1. The van der Waals surface area contributed by atoms with Gasteiger partial charge in [0.15, 0.2) is 0 Å². The number of carbonyl (C=O) groups excluding carboxylic acids is 1. The zero-order valence-corrected chi connectivity index (χ0v) is 14.6. The minimum atomic E-state index is -0.503. The summed E-state index contributed by atoms with van der Waals surface area (Å²) >= 11 is 11.8. The third kappa shape index (κ3) is 3.16. The van der Waals surface area contributed by atoms with E-state index in [9.17, 15) is 4.79 Å². The van der Waals surface area contributed by atoms with Crippen LogP contribution in [0.15, 0.2) is 18.2 Å². The molecule has 1 aliphatic rings. The first-order valence-corrected chi connectivity index (χ1v) is 6.11. The van der Waals surface area contributed by atoms with E-state index in [4.69, 9.17) is 23.2 Å². The molecule has 1 aliphatic heterocycles. The summed E-state index contributed by atoms with van der Waals surface area (Å²) in [5.41, 5.74) is 2.77. The Bertz CT molecular complexity index is 502. The van der Waals surface area contributed by atoms with Crippen molar-refractivity contribution in [2.45, 2.75) is 18.7 Å². The number of hydrogen-bond donors (Lipinski definition) is 0. The van der Waals surface area contributed by atoms with Crippen molar-refractivity contribution < 1.29 is 37.5 Å². The van der Waals surface area contributed by atoms with Crippen molar-refractivity contribution >= 4 is 34.8 Å². The molecule has 1 unspecified atom stereocenters. The van der Waals surface area contributed by atoms with Crippen LogP contribution >= 0.6 is 23.2 Å². The molecule has 1 aromatic carbocycles. The predicted molar refractivity (Wildman–Crippen MR) is 69.9 cm³/mol. The Hall–Kier alpha value is 0.114. The van der Waals surface area contributed by atoms with Gasteiger partial charge in [-0.2, -0.15) is 0 Å². The zero-order chi connectivity index (χ0) is 12.6. The quantitative estimate of drug-likeness (QED) is 0.558. The van der Waals surface area contributed by atoms with Gasteiger partial charge in [0.05, 0.1) is 0 Å². The van der Waals surface area contributed by atoms with E-state index in [0.717, 1.165) is 16.8 Å². The van der Waals surface area contributed by atoms with Crippen LogP contribution in [0.2, 0.25) is 5.02 Å². The van der Waals surface area contributed by atoms with Gasteiger partial charge in [-0.15, -0.1) is 34.5 Å². The molecule has 5 heteroatoms. The fraction of sp³-hybridized carbons (Fsp3) is 0.308. The molecule has 1 radical (unpaired) electrons. The van der Waals surface area contributed by atoms with Gasteiger partial charge >= 0.3 is 0 Å². The molecule has 0 N–H and O–H groups in total. The Labute approximate surface area is 142 Å². The monoisotopic (exact) mass is 357 g/mol. The molecule has 93 valence electrons. The summed E-state index contributed by atoms with van der Waals surface area (Å²) in [6.45, 7) is 1.96. The van der Waals surface area contributed by atoms with E-state index >= 15 is 0 Å². The van der Waals surface area contributed by atoms with Crippen molar-refractivity contribution in [3.05, 3.63) is 40.4 Å². The van der Waals surface area contributed by atoms with Gasteiger partial charge in [0, 0.05) is 44.8 Å². The van der Waals surface area contributed by atoms with Crippen molar-refractivity contribution in [2.24, 2.45) is 0 Å². The standard InChI is InChI=1S/C13H12Cl2NO.Y/c1-8-7-9(14)3-4-10(8)12-6-5-11(15)13(17)16(12)2;/h3-4,7,11H,5H2,1-2H3;/q-1;. The summed E-state index contributed by atoms with van der Waals surface area (Å²) in [6.07, 6.45) is 3.62. The maximum Gasteiger partial charge on any atom is 0.240 e. The molecular weight excluding hydrogens is 346 g/mol. The number of amides is 1. The molecule has 18 heavy (non-hydrogen) atoms. The average Bonchev–Trinajstić information content (AvgIpc) is 2.28. The second-order valence-electron chi connectivity index (χ2n) is 4.05. The molecule has 1 heterocycles. The summed E-state index contributed by atoms with van der Waals surface area (Å²) < 4.78 is 0. The minimum absolute atomic E-state index is 0. The third-order valence-electron chi connectivity index (χ3n) is 2.83. The van der Waals surface area contributed by atoms with Crippen molar-refractivity contribution in [1.29, 1.82) is 0 Å². The van der Waals surface area contributed by atoms with E-state index in [-0.39, 0.29) is 38.6 Å². The number of alkyl halides is 1. The normalized spacial score (nSPS) is 19.3. The molecule has 2 nitrogen and oxygen atoms in total. The van der Waals surface area contributed by atoms with E-state index in [1.54, 1.807) is 11.9 Å². The van der Waals surface area contributed by atoms with E-state index < -0.39 is 5.38 Å². The summed E-state index contributed by atoms with van der Waals surface area (Å²) in [4.78, 5) is 13.3. The summed E-state index contributed by atoms with van der Waals surface area (Å²) in [6, 6.07) is 5.58. The maximum absolute atomic E-state index is 11.8. The first-order chi connectivity index (χ1) is 8.00. The molecule has 1 aromatic rings. The van der Waals surface area contributed by atoms with Crippen LogP contribution in [-0.4, -0.2) is 23.2 Å². The number of benzene rings is 1. The third-order valence-corrected chi connectivity index (χ3v) is 3.40. The Morgan fingerprint density at radius 1 is 1.44 bits per heavy atom. The van der Waals surface area contributed by atoms with Crippen LogP contribution in [0.3, 0.4) is 0 Å². The minimum Gasteiger partial charge on any atom is -0.349 e. The number of halogens is 2. The molecular formula is C13H12Cl2NOY-. The second kappa shape index (κ2) is 6.52. The fourth-order valence-electron chi connectivity index (χ4n) is 1.88. The van der Waals surface area contributed by atoms with Crippen LogP contribution < -0.4 is 0 Å². The molecule has 0 aliphatic carbocycles. The van der Waals surface area contributed by atoms with E-state index in [1.807, 2.05) is 25.1 Å². The summed E-state index contributed by atoms with van der Waals surface area (Å²) in [7, 11) is 1.72. The first-order valence-electron chi connectivity index (χ1n) is 5.29. The molecule has 0 spiro atoms.